The van der Waals surface area contributed by atoms with Crippen molar-refractivity contribution in [2.45, 2.75) is 51.0 Å². The third kappa shape index (κ3) is 3.69. The number of nitrogens with one attached hydrogen (secondary N) is 1. The molecule has 4 heterocycles. The standard InChI is InChI=1S/C22H29N5O2/c1-16-3-2-4-17(9-16)11-27-12-19-18(20-5-7-22(19,13-27)29-20)10-23-21(28)6-8-26-14-24-25-15-26/h2-4,9,14-15,18-20H,5-8,10-13H2,1H3,(H,23,28)/t18-,19+,20+,22+/m0/s1. The number of aromatic nitrogens is 3. The van der Waals surface area contributed by atoms with Gasteiger partial charge in [-0.05, 0) is 25.3 Å². The van der Waals surface area contributed by atoms with Gasteiger partial charge in [0.2, 0.25) is 5.91 Å². The monoisotopic (exact) mass is 395 g/mol. The third-order valence-corrected chi connectivity index (χ3v) is 6.94. The van der Waals surface area contributed by atoms with Gasteiger partial charge in [0.25, 0.3) is 0 Å². The van der Waals surface area contributed by atoms with E-state index in [2.05, 4.69) is 51.6 Å². The summed E-state index contributed by atoms with van der Waals surface area (Å²) in [5, 5.41) is 10.7. The van der Waals surface area contributed by atoms with E-state index in [0.717, 1.165) is 39.0 Å². The number of rotatable bonds is 7. The van der Waals surface area contributed by atoms with Gasteiger partial charge in [-0.1, -0.05) is 29.8 Å². The van der Waals surface area contributed by atoms with Crippen molar-refractivity contribution in [2.24, 2.45) is 11.8 Å². The highest BCUT2D eigenvalue weighted by molar-refractivity contribution is 5.75. The topological polar surface area (TPSA) is 72.3 Å². The van der Waals surface area contributed by atoms with Crippen molar-refractivity contribution in [1.82, 2.24) is 25.0 Å². The minimum absolute atomic E-state index is 0.00631. The van der Waals surface area contributed by atoms with Crippen LogP contribution in [-0.4, -0.2) is 56.9 Å². The first-order valence-electron chi connectivity index (χ1n) is 10.7. The Kier molecular flexibility index (Phi) is 4.87. The summed E-state index contributed by atoms with van der Waals surface area (Å²) >= 11 is 0. The number of likely N-dealkylation sites (tertiary alicyclic amines) is 1. The molecule has 7 nitrogen and oxygen atoms in total. The maximum absolute atomic E-state index is 12.3. The zero-order valence-electron chi connectivity index (χ0n) is 17.0. The van der Waals surface area contributed by atoms with Gasteiger partial charge in [0.15, 0.2) is 0 Å². The Balaban J connectivity index is 1.17. The van der Waals surface area contributed by atoms with Crippen LogP contribution in [0, 0.1) is 18.8 Å². The van der Waals surface area contributed by atoms with E-state index in [1.807, 2.05) is 4.57 Å². The van der Waals surface area contributed by atoms with Crippen LogP contribution in [0.15, 0.2) is 36.9 Å². The van der Waals surface area contributed by atoms with E-state index in [1.165, 1.54) is 11.1 Å². The molecule has 154 valence electrons. The second-order valence-electron chi connectivity index (χ2n) is 8.94. The lowest BCUT2D eigenvalue weighted by Crippen LogP contribution is -2.42. The highest BCUT2D eigenvalue weighted by Gasteiger charge is 2.62. The molecule has 3 saturated heterocycles. The molecule has 0 saturated carbocycles. The average molecular weight is 396 g/mol. The predicted octanol–water partition coefficient (Wildman–Crippen LogP) is 1.77. The number of nitrogens with zero attached hydrogens (tertiary/aromatic N) is 4. The van der Waals surface area contributed by atoms with E-state index in [1.54, 1.807) is 12.7 Å². The molecule has 1 aromatic carbocycles. The molecule has 5 rings (SSSR count). The fourth-order valence-electron chi connectivity index (χ4n) is 5.64. The maximum atomic E-state index is 12.3. The number of fused-ring (bicyclic) bond motifs is 1. The Morgan fingerprint density at radius 1 is 1.34 bits per heavy atom. The summed E-state index contributed by atoms with van der Waals surface area (Å²) in [5.41, 5.74) is 2.69. The molecule has 7 heteroatoms. The molecule has 2 aromatic rings. The van der Waals surface area contributed by atoms with Crippen molar-refractivity contribution >= 4 is 5.91 Å². The van der Waals surface area contributed by atoms with E-state index in [0.29, 0.717) is 30.9 Å². The van der Waals surface area contributed by atoms with Crippen molar-refractivity contribution in [2.75, 3.05) is 19.6 Å². The molecule has 4 atom stereocenters. The van der Waals surface area contributed by atoms with E-state index >= 15 is 0 Å². The molecule has 1 spiro atoms. The summed E-state index contributed by atoms with van der Waals surface area (Å²) in [5.74, 6) is 1.03. The average Bonchev–Trinajstić information content (AvgIpc) is 3.46. The minimum atomic E-state index is 0.00631. The Morgan fingerprint density at radius 3 is 3.03 bits per heavy atom. The first-order chi connectivity index (χ1) is 14.1. The third-order valence-electron chi connectivity index (χ3n) is 6.94. The van der Waals surface area contributed by atoms with E-state index in [9.17, 15) is 4.79 Å². The molecule has 3 aliphatic heterocycles. The van der Waals surface area contributed by atoms with Crippen molar-refractivity contribution in [1.29, 1.82) is 0 Å². The Morgan fingerprint density at radius 2 is 2.21 bits per heavy atom. The first-order valence-corrected chi connectivity index (χ1v) is 10.7. The van der Waals surface area contributed by atoms with Crippen molar-refractivity contribution < 1.29 is 9.53 Å². The number of aryl methyl sites for hydroxylation is 2. The number of benzene rings is 1. The second kappa shape index (κ2) is 7.54. The molecule has 3 fully saturated rings. The number of carbonyl (C=O) groups is 1. The summed E-state index contributed by atoms with van der Waals surface area (Å²) in [7, 11) is 0. The SMILES string of the molecule is Cc1cccc(CN2C[C@@H]3[C@H](CNC(=O)CCn4cnnc4)[C@H]4CC[C@]3(C2)O4)c1. The summed E-state index contributed by atoms with van der Waals surface area (Å²) in [6.45, 7) is 6.53. The van der Waals surface area contributed by atoms with Gasteiger partial charge in [-0.25, -0.2) is 0 Å². The van der Waals surface area contributed by atoms with Crippen LogP contribution in [0.3, 0.4) is 0 Å². The number of hydrogen-bond acceptors (Lipinski definition) is 5. The van der Waals surface area contributed by atoms with E-state index < -0.39 is 0 Å². The summed E-state index contributed by atoms with van der Waals surface area (Å²) in [4.78, 5) is 14.9. The molecule has 29 heavy (non-hydrogen) atoms. The van der Waals surface area contributed by atoms with Crippen LogP contribution >= 0.6 is 0 Å². The fraction of sp³-hybridized carbons (Fsp3) is 0.591. The van der Waals surface area contributed by atoms with Gasteiger partial charge in [0.1, 0.15) is 12.7 Å². The number of amides is 1. The van der Waals surface area contributed by atoms with Crippen LogP contribution in [0.1, 0.15) is 30.4 Å². The maximum Gasteiger partial charge on any atom is 0.221 e. The fourth-order valence-corrected chi connectivity index (χ4v) is 5.64. The quantitative estimate of drug-likeness (QED) is 0.774. The molecular weight excluding hydrogens is 366 g/mol. The molecule has 2 bridgehead atoms. The lowest BCUT2D eigenvalue weighted by Gasteiger charge is -2.29. The molecular formula is C22H29N5O2. The zero-order valence-corrected chi connectivity index (χ0v) is 17.0. The van der Waals surface area contributed by atoms with Gasteiger partial charge in [-0.15, -0.1) is 10.2 Å². The van der Waals surface area contributed by atoms with E-state index in [-0.39, 0.29) is 11.5 Å². The van der Waals surface area contributed by atoms with Crippen LogP contribution < -0.4 is 5.32 Å². The number of carbonyl (C=O) groups excluding carboxylic acids is 1. The zero-order chi connectivity index (χ0) is 19.8. The van der Waals surface area contributed by atoms with Crippen LogP contribution in [0.2, 0.25) is 0 Å². The summed E-state index contributed by atoms with van der Waals surface area (Å²) < 4.78 is 8.35. The molecule has 3 aliphatic rings. The van der Waals surface area contributed by atoms with Gasteiger partial charge < -0.3 is 14.6 Å². The summed E-state index contributed by atoms with van der Waals surface area (Å²) in [6, 6.07) is 8.77. The number of ether oxygens (including phenoxy) is 1. The van der Waals surface area contributed by atoms with Crippen molar-refractivity contribution in [3.63, 3.8) is 0 Å². The van der Waals surface area contributed by atoms with Gasteiger partial charge in [0.05, 0.1) is 11.7 Å². The molecule has 1 aromatic heterocycles. The lowest BCUT2D eigenvalue weighted by molar-refractivity contribution is -0.121. The Hall–Kier alpha value is -2.25. The molecule has 0 radical (unpaired) electrons. The Labute approximate surface area is 171 Å². The lowest BCUT2D eigenvalue weighted by atomic mass is 9.73. The van der Waals surface area contributed by atoms with E-state index in [4.69, 9.17) is 4.74 Å². The largest absolute Gasteiger partial charge is 0.370 e. The molecule has 0 aliphatic carbocycles. The molecule has 1 N–H and O–H groups in total. The highest BCUT2D eigenvalue weighted by atomic mass is 16.5. The number of hydrogen-bond donors (Lipinski definition) is 1. The second-order valence-corrected chi connectivity index (χ2v) is 8.94. The smallest absolute Gasteiger partial charge is 0.221 e. The highest BCUT2D eigenvalue weighted by Crippen LogP contribution is 2.54. The van der Waals surface area contributed by atoms with Gasteiger partial charge in [-0.3, -0.25) is 9.69 Å². The van der Waals surface area contributed by atoms with Crippen LogP contribution in [0.25, 0.3) is 0 Å². The Bertz CT molecular complexity index is 870. The van der Waals surface area contributed by atoms with Gasteiger partial charge in [-0.2, -0.15) is 0 Å². The van der Waals surface area contributed by atoms with Crippen molar-refractivity contribution in [3.8, 4) is 0 Å². The van der Waals surface area contributed by atoms with Crippen LogP contribution in [-0.2, 0) is 22.6 Å². The first kappa shape index (κ1) is 18.8. The van der Waals surface area contributed by atoms with Crippen LogP contribution in [0.5, 0.6) is 0 Å². The predicted molar refractivity (Wildman–Crippen MR) is 108 cm³/mol. The molecule has 1 amide bonds. The van der Waals surface area contributed by atoms with Gasteiger partial charge >= 0.3 is 0 Å². The van der Waals surface area contributed by atoms with Crippen LogP contribution in [0.4, 0.5) is 0 Å². The summed E-state index contributed by atoms with van der Waals surface area (Å²) in [6.07, 6.45) is 6.32. The normalized spacial score (nSPS) is 30.6. The minimum Gasteiger partial charge on any atom is -0.370 e. The van der Waals surface area contributed by atoms with Crippen molar-refractivity contribution in [3.05, 3.63) is 48.0 Å². The van der Waals surface area contributed by atoms with Gasteiger partial charge in [0, 0.05) is 51.0 Å². The molecule has 0 unspecified atom stereocenters.